The standard InChI is InChI=1S/C20H20N2O5/c1-12-6-4-5-7-14(12)21-17(23)11-22-15-10-13(18(24)25)8-9-16(15)27-20(2,3)19(22)26/h4-10H,11H2,1-3H3,(H,21,23)(H,24,25). The van der Waals surface area contributed by atoms with Crippen LogP contribution in [0, 0.1) is 6.92 Å². The lowest BCUT2D eigenvalue weighted by Gasteiger charge is -2.38. The first-order chi connectivity index (χ1) is 12.7. The number of para-hydroxylation sites is 1. The van der Waals surface area contributed by atoms with Crippen molar-refractivity contribution in [3.8, 4) is 5.75 Å². The molecular formula is C20H20N2O5. The number of hydrogen-bond acceptors (Lipinski definition) is 4. The van der Waals surface area contributed by atoms with Gasteiger partial charge in [0.05, 0.1) is 11.3 Å². The minimum absolute atomic E-state index is 0.00849. The molecular weight excluding hydrogens is 348 g/mol. The largest absolute Gasteiger partial charge is 0.478 e. The van der Waals surface area contributed by atoms with E-state index in [1.54, 1.807) is 26.0 Å². The Morgan fingerprint density at radius 2 is 1.89 bits per heavy atom. The van der Waals surface area contributed by atoms with Crippen LogP contribution in [0.1, 0.15) is 29.8 Å². The number of carbonyl (C=O) groups is 3. The van der Waals surface area contributed by atoms with E-state index in [1.807, 2.05) is 19.1 Å². The number of benzene rings is 2. The van der Waals surface area contributed by atoms with Crippen LogP contribution in [0.2, 0.25) is 0 Å². The Bertz CT molecular complexity index is 936. The number of anilines is 2. The molecule has 1 aliphatic rings. The number of carbonyl (C=O) groups excluding carboxylic acids is 2. The first-order valence-corrected chi connectivity index (χ1v) is 8.43. The average molecular weight is 368 g/mol. The van der Waals surface area contributed by atoms with Crippen molar-refractivity contribution in [2.45, 2.75) is 26.4 Å². The van der Waals surface area contributed by atoms with Crippen molar-refractivity contribution in [3.05, 3.63) is 53.6 Å². The van der Waals surface area contributed by atoms with Crippen LogP contribution in [-0.2, 0) is 9.59 Å². The highest BCUT2D eigenvalue weighted by Crippen LogP contribution is 2.38. The molecule has 1 aliphatic heterocycles. The van der Waals surface area contributed by atoms with E-state index in [2.05, 4.69) is 5.32 Å². The van der Waals surface area contributed by atoms with E-state index in [-0.39, 0.29) is 23.7 Å². The summed E-state index contributed by atoms with van der Waals surface area (Å²) in [6.45, 7) is 4.83. The number of fused-ring (bicyclic) bond motifs is 1. The predicted octanol–water partition coefficient (Wildman–Crippen LogP) is 2.84. The molecule has 0 aromatic heterocycles. The van der Waals surface area contributed by atoms with E-state index in [1.165, 1.54) is 23.1 Å². The van der Waals surface area contributed by atoms with Crippen LogP contribution in [0.25, 0.3) is 0 Å². The second-order valence-electron chi connectivity index (χ2n) is 6.85. The summed E-state index contributed by atoms with van der Waals surface area (Å²) in [7, 11) is 0. The van der Waals surface area contributed by atoms with Gasteiger partial charge in [-0.25, -0.2) is 4.79 Å². The zero-order chi connectivity index (χ0) is 19.8. The number of nitrogens with zero attached hydrogens (tertiary/aromatic N) is 1. The Balaban J connectivity index is 1.92. The van der Waals surface area contributed by atoms with Crippen LogP contribution in [-0.4, -0.2) is 35.0 Å². The van der Waals surface area contributed by atoms with Crippen molar-refractivity contribution in [1.29, 1.82) is 0 Å². The number of rotatable bonds is 4. The number of nitrogens with one attached hydrogen (secondary N) is 1. The molecule has 7 heteroatoms. The van der Waals surface area contributed by atoms with Crippen molar-refractivity contribution in [3.63, 3.8) is 0 Å². The highest BCUT2D eigenvalue weighted by atomic mass is 16.5. The SMILES string of the molecule is Cc1ccccc1NC(=O)CN1C(=O)C(C)(C)Oc2ccc(C(=O)O)cc21. The summed E-state index contributed by atoms with van der Waals surface area (Å²) in [6.07, 6.45) is 0. The zero-order valence-corrected chi connectivity index (χ0v) is 15.3. The summed E-state index contributed by atoms with van der Waals surface area (Å²) in [5.41, 5.74) is 0.657. The average Bonchev–Trinajstić information content (AvgIpc) is 2.60. The maximum absolute atomic E-state index is 12.8. The minimum Gasteiger partial charge on any atom is -0.478 e. The van der Waals surface area contributed by atoms with Crippen LogP contribution in [0.15, 0.2) is 42.5 Å². The predicted molar refractivity (Wildman–Crippen MR) is 100 cm³/mol. The zero-order valence-electron chi connectivity index (χ0n) is 15.3. The second kappa shape index (κ2) is 6.75. The fourth-order valence-electron chi connectivity index (χ4n) is 2.90. The Morgan fingerprint density at radius 3 is 2.56 bits per heavy atom. The second-order valence-corrected chi connectivity index (χ2v) is 6.85. The van der Waals surface area contributed by atoms with Crippen LogP contribution in [0.3, 0.4) is 0 Å². The van der Waals surface area contributed by atoms with Crippen LogP contribution in [0.5, 0.6) is 5.75 Å². The lowest BCUT2D eigenvalue weighted by atomic mass is 10.0. The summed E-state index contributed by atoms with van der Waals surface area (Å²) in [5.74, 6) is -1.58. The van der Waals surface area contributed by atoms with E-state index >= 15 is 0 Å². The highest BCUT2D eigenvalue weighted by molar-refractivity contribution is 6.08. The van der Waals surface area contributed by atoms with E-state index in [4.69, 9.17) is 4.74 Å². The summed E-state index contributed by atoms with van der Waals surface area (Å²) in [4.78, 5) is 37.9. The van der Waals surface area contributed by atoms with Gasteiger partial charge in [0.15, 0.2) is 5.60 Å². The Kier molecular flexibility index (Phi) is 4.61. The Labute approximate surface area is 156 Å². The van der Waals surface area contributed by atoms with Gasteiger partial charge < -0.3 is 15.2 Å². The summed E-state index contributed by atoms with van der Waals surface area (Å²) < 4.78 is 5.70. The molecule has 27 heavy (non-hydrogen) atoms. The fourth-order valence-corrected chi connectivity index (χ4v) is 2.90. The fraction of sp³-hybridized carbons (Fsp3) is 0.250. The minimum atomic E-state index is -1.17. The molecule has 2 N–H and O–H groups in total. The molecule has 7 nitrogen and oxygen atoms in total. The number of aryl methyl sites for hydroxylation is 1. The highest BCUT2D eigenvalue weighted by Gasteiger charge is 2.41. The van der Waals surface area contributed by atoms with Gasteiger partial charge in [-0.05, 0) is 50.6 Å². The molecule has 2 aromatic rings. The van der Waals surface area contributed by atoms with E-state index in [0.717, 1.165) is 5.56 Å². The van der Waals surface area contributed by atoms with Crippen molar-refractivity contribution >= 4 is 29.2 Å². The lowest BCUT2D eigenvalue weighted by Crippen LogP contribution is -2.54. The molecule has 140 valence electrons. The maximum atomic E-state index is 12.8. The van der Waals surface area contributed by atoms with Gasteiger partial charge in [-0.1, -0.05) is 18.2 Å². The third-order valence-corrected chi connectivity index (χ3v) is 4.34. The molecule has 2 amide bonds. The molecule has 0 unspecified atom stereocenters. The summed E-state index contributed by atoms with van der Waals surface area (Å²) in [5, 5.41) is 12.0. The van der Waals surface area contributed by atoms with Crippen LogP contribution in [0.4, 0.5) is 11.4 Å². The van der Waals surface area contributed by atoms with E-state index < -0.39 is 17.5 Å². The molecule has 0 bridgehead atoms. The number of amides is 2. The van der Waals surface area contributed by atoms with Gasteiger partial charge in [0.1, 0.15) is 12.3 Å². The van der Waals surface area contributed by atoms with Crippen molar-refractivity contribution < 1.29 is 24.2 Å². The van der Waals surface area contributed by atoms with Crippen molar-refractivity contribution in [2.24, 2.45) is 0 Å². The summed E-state index contributed by atoms with van der Waals surface area (Å²) in [6, 6.07) is 11.5. The first-order valence-electron chi connectivity index (χ1n) is 8.43. The number of hydrogen-bond donors (Lipinski definition) is 2. The third kappa shape index (κ3) is 3.62. The molecule has 0 radical (unpaired) electrons. The van der Waals surface area contributed by atoms with Crippen LogP contribution < -0.4 is 15.0 Å². The van der Waals surface area contributed by atoms with Gasteiger partial charge in [0.2, 0.25) is 5.91 Å². The van der Waals surface area contributed by atoms with Gasteiger partial charge in [0, 0.05) is 5.69 Å². The quantitative estimate of drug-likeness (QED) is 0.865. The lowest BCUT2D eigenvalue weighted by molar-refractivity contribution is -0.133. The van der Waals surface area contributed by atoms with Gasteiger partial charge in [-0.15, -0.1) is 0 Å². The molecule has 0 atom stereocenters. The smallest absolute Gasteiger partial charge is 0.335 e. The molecule has 0 saturated carbocycles. The molecule has 0 spiro atoms. The van der Waals surface area contributed by atoms with Gasteiger partial charge in [-0.3, -0.25) is 14.5 Å². The molecule has 0 fully saturated rings. The van der Waals surface area contributed by atoms with Gasteiger partial charge in [-0.2, -0.15) is 0 Å². The van der Waals surface area contributed by atoms with E-state index in [0.29, 0.717) is 11.4 Å². The number of carboxylic acid groups (broad SMARTS) is 1. The number of carboxylic acids is 1. The molecule has 0 saturated heterocycles. The van der Waals surface area contributed by atoms with Crippen molar-refractivity contribution in [2.75, 3.05) is 16.8 Å². The first kappa shape index (κ1) is 18.4. The molecule has 1 heterocycles. The molecule has 0 aliphatic carbocycles. The molecule has 2 aromatic carbocycles. The van der Waals surface area contributed by atoms with E-state index in [9.17, 15) is 19.5 Å². The van der Waals surface area contributed by atoms with Gasteiger partial charge in [0.25, 0.3) is 5.91 Å². The van der Waals surface area contributed by atoms with Crippen molar-refractivity contribution in [1.82, 2.24) is 0 Å². The summed E-state index contributed by atoms with van der Waals surface area (Å²) >= 11 is 0. The normalized spacial score (nSPS) is 14.9. The Morgan fingerprint density at radius 1 is 1.19 bits per heavy atom. The van der Waals surface area contributed by atoms with Crippen LogP contribution >= 0.6 is 0 Å². The topological polar surface area (TPSA) is 95.9 Å². The Hall–Kier alpha value is -3.35. The number of ether oxygens (including phenoxy) is 1. The number of aromatic carboxylic acids is 1. The van der Waals surface area contributed by atoms with Gasteiger partial charge >= 0.3 is 5.97 Å². The maximum Gasteiger partial charge on any atom is 0.335 e. The monoisotopic (exact) mass is 368 g/mol. The molecule has 3 rings (SSSR count). The third-order valence-electron chi connectivity index (χ3n) is 4.34.